The summed E-state index contributed by atoms with van der Waals surface area (Å²) in [5.41, 5.74) is 0.370. The lowest BCUT2D eigenvalue weighted by atomic mass is 10.0. The molecule has 0 fully saturated rings. The molecule has 0 spiro atoms. The van der Waals surface area contributed by atoms with Gasteiger partial charge in [-0.15, -0.1) is 0 Å². The van der Waals surface area contributed by atoms with Gasteiger partial charge in [-0.05, 0) is 13.0 Å². The number of hydrogen-bond donors (Lipinski definition) is 0. The number of halogens is 2. The van der Waals surface area contributed by atoms with Gasteiger partial charge in [0.15, 0.2) is 5.78 Å². The van der Waals surface area contributed by atoms with Gasteiger partial charge in [0.25, 0.3) is 0 Å². The zero-order chi connectivity index (χ0) is 10.3. The van der Waals surface area contributed by atoms with Crippen molar-refractivity contribution in [2.75, 3.05) is 0 Å². The maximum Gasteiger partial charge on any atom is 0.170 e. The molecule has 1 aromatic rings. The molecule has 0 radical (unpaired) electrons. The van der Waals surface area contributed by atoms with E-state index in [9.17, 15) is 9.18 Å². The number of carbonyl (C=O) groups is 1. The maximum atomic E-state index is 13.0. The van der Waals surface area contributed by atoms with Crippen molar-refractivity contribution in [3.63, 3.8) is 0 Å². The summed E-state index contributed by atoms with van der Waals surface area (Å²) < 4.78 is 18.4. The second-order valence-electron chi connectivity index (χ2n) is 3.32. The number of Topliss-reactive ketones (excluding diaryl/α,β-unsaturated/α-hetero) is 1. The van der Waals surface area contributed by atoms with Gasteiger partial charge in [0, 0.05) is 12.5 Å². The van der Waals surface area contributed by atoms with Gasteiger partial charge in [0.2, 0.25) is 0 Å². The molecule has 1 aromatic carbocycles. The monoisotopic (exact) mass is 214 g/mol. The lowest BCUT2D eigenvalue weighted by Crippen LogP contribution is -2.24. The lowest BCUT2D eigenvalue weighted by Gasteiger charge is -2.22. The Kier molecular flexibility index (Phi) is 2.19. The third-order valence-corrected chi connectivity index (χ3v) is 2.41. The lowest BCUT2D eigenvalue weighted by molar-refractivity contribution is 0.0870. The largest absolute Gasteiger partial charge is 0.489 e. The van der Waals surface area contributed by atoms with Crippen molar-refractivity contribution in [3.8, 4) is 5.75 Å². The van der Waals surface area contributed by atoms with Crippen LogP contribution in [0.25, 0.3) is 0 Å². The Morgan fingerprint density at radius 1 is 1.57 bits per heavy atom. The van der Waals surface area contributed by atoms with Crippen LogP contribution in [-0.2, 0) is 0 Å². The van der Waals surface area contributed by atoms with Crippen LogP contribution in [-0.4, -0.2) is 11.9 Å². The van der Waals surface area contributed by atoms with E-state index in [2.05, 4.69) is 0 Å². The Labute approximate surface area is 85.6 Å². The van der Waals surface area contributed by atoms with Gasteiger partial charge in [0.1, 0.15) is 17.7 Å². The van der Waals surface area contributed by atoms with Gasteiger partial charge in [0.05, 0.1) is 10.6 Å². The fraction of sp³-hybridized carbons (Fsp3) is 0.300. The first kappa shape index (κ1) is 9.46. The fourth-order valence-corrected chi connectivity index (χ4v) is 1.64. The summed E-state index contributed by atoms with van der Waals surface area (Å²) in [7, 11) is 0. The van der Waals surface area contributed by atoms with E-state index >= 15 is 0 Å². The van der Waals surface area contributed by atoms with Crippen LogP contribution >= 0.6 is 11.6 Å². The zero-order valence-corrected chi connectivity index (χ0v) is 8.27. The molecule has 1 heterocycles. The minimum absolute atomic E-state index is 0.0461. The summed E-state index contributed by atoms with van der Waals surface area (Å²) in [6, 6.07) is 2.48. The molecule has 0 amide bonds. The number of benzene rings is 1. The highest BCUT2D eigenvalue weighted by Crippen LogP contribution is 2.31. The predicted octanol–water partition coefficient (Wildman–Crippen LogP) is 2.83. The average Bonchev–Trinajstić information content (AvgIpc) is 2.08. The van der Waals surface area contributed by atoms with Crippen molar-refractivity contribution >= 4 is 17.4 Å². The predicted molar refractivity (Wildman–Crippen MR) is 50.4 cm³/mol. The molecule has 1 aliphatic rings. The van der Waals surface area contributed by atoms with Crippen LogP contribution in [0.4, 0.5) is 4.39 Å². The topological polar surface area (TPSA) is 26.3 Å². The second kappa shape index (κ2) is 3.24. The molecule has 14 heavy (non-hydrogen) atoms. The summed E-state index contributed by atoms with van der Waals surface area (Å²) in [6.45, 7) is 1.77. The molecular formula is C10H8ClFO2. The van der Waals surface area contributed by atoms with Crippen LogP contribution in [0, 0.1) is 5.82 Å². The molecule has 0 aromatic heterocycles. The van der Waals surface area contributed by atoms with Gasteiger partial charge in [-0.25, -0.2) is 4.39 Å². The molecule has 0 N–H and O–H groups in total. The van der Waals surface area contributed by atoms with Crippen LogP contribution in [0.5, 0.6) is 5.75 Å². The molecule has 1 unspecified atom stereocenters. The van der Waals surface area contributed by atoms with E-state index in [-0.39, 0.29) is 22.7 Å². The van der Waals surface area contributed by atoms with Crippen LogP contribution in [0.15, 0.2) is 12.1 Å². The van der Waals surface area contributed by atoms with Gasteiger partial charge in [-0.2, -0.15) is 0 Å². The maximum absolute atomic E-state index is 13.0. The van der Waals surface area contributed by atoms with Crippen molar-refractivity contribution in [3.05, 3.63) is 28.5 Å². The van der Waals surface area contributed by atoms with E-state index in [0.717, 1.165) is 6.07 Å². The standard InChI is InChI=1S/C10H8ClFO2/c1-5-2-9(13)6-3-7(11)8(12)4-10(6)14-5/h3-5H,2H2,1H3. The molecule has 1 aliphatic heterocycles. The number of carbonyl (C=O) groups excluding carboxylic acids is 1. The Morgan fingerprint density at radius 2 is 2.29 bits per heavy atom. The fourth-order valence-electron chi connectivity index (χ4n) is 1.47. The first-order chi connectivity index (χ1) is 6.58. The smallest absolute Gasteiger partial charge is 0.170 e. The van der Waals surface area contributed by atoms with E-state index in [4.69, 9.17) is 16.3 Å². The highest BCUT2D eigenvalue weighted by molar-refractivity contribution is 6.31. The molecule has 74 valence electrons. The number of fused-ring (bicyclic) bond motifs is 1. The Hall–Kier alpha value is -1.09. The molecule has 0 saturated carbocycles. The average molecular weight is 215 g/mol. The molecule has 0 bridgehead atoms. The number of rotatable bonds is 0. The highest BCUT2D eigenvalue weighted by atomic mass is 35.5. The van der Waals surface area contributed by atoms with Crippen molar-refractivity contribution in [1.82, 2.24) is 0 Å². The molecule has 2 nitrogen and oxygen atoms in total. The van der Waals surface area contributed by atoms with Gasteiger partial charge >= 0.3 is 0 Å². The van der Waals surface area contributed by atoms with Crippen molar-refractivity contribution in [2.24, 2.45) is 0 Å². The van der Waals surface area contributed by atoms with E-state index in [0.29, 0.717) is 12.0 Å². The molecule has 4 heteroatoms. The number of ether oxygens (including phenoxy) is 1. The van der Waals surface area contributed by atoms with E-state index in [1.54, 1.807) is 6.92 Å². The molecule has 0 saturated heterocycles. The van der Waals surface area contributed by atoms with Crippen LogP contribution in [0.2, 0.25) is 5.02 Å². The second-order valence-corrected chi connectivity index (χ2v) is 3.73. The van der Waals surface area contributed by atoms with Crippen molar-refractivity contribution in [1.29, 1.82) is 0 Å². The highest BCUT2D eigenvalue weighted by Gasteiger charge is 2.24. The molecule has 2 rings (SSSR count). The Balaban J connectivity index is 2.55. The van der Waals surface area contributed by atoms with E-state index in [1.165, 1.54) is 6.07 Å². The van der Waals surface area contributed by atoms with Crippen molar-refractivity contribution in [2.45, 2.75) is 19.4 Å². The Bertz CT molecular complexity index is 403. The van der Waals surface area contributed by atoms with Crippen LogP contribution in [0.1, 0.15) is 23.7 Å². The third-order valence-electron chi connectivity index (χ3n) is 2.12. The minimum atomic E-state index is -0.563. The van der Waals surface area contributed by atoms with Crippen LogP contribution in [0.3, 0.4) is 0 Å². The minimum Gasteiger partial charge on any atom is -0.489 e. The summed E-state index contributed by atoms with van der Waals surface area (Å²) in [6.07, 6.45) is 0.116. The first-order valence-electron chi connectivity index (χ1n) is 4.27. The van der Waals surface area contributed by atoms with Crippen LogP contribution < -0.4 is 4.74 Å². The number of ketones is 1. The van der Waals surface area contributed by atoms with Gasteiger partial charge < -0.3 is 4.74 Å². The normalized spacial score (nSPS) is 20.2. The Morgan fingerprint density at radius 3 is 3.00 bits per heavy atom. The zero-order valence-electron chi connectivity index (χ0n) is 7.51. The van der Waals surface area contributed by atoms with E-state index in [1.807, 2.05) is 0 Å². The quantitative estimate of drug-likeness (QED) is 0.664. The molecule has 1 atom stereocenters. The number of hydrogen-bond acceptors (Lipinski definition) is 2. The van der Waals surface area contributed by atoms with Gasteiger partial charge in [-0.1, -0.05) is 11.6 Å². The summed E-state index contributed by atoms with van der Waals surface area (Å²) in [4.78, 5) is 11.5. The molecular weight excluding hydrogens is 207 g/mol. The SMILES string of the molecule is CC1CC(=O)c2cc(Cl)c(F)cc2O1. The third kappa shape index (κ3) is 1.48. The summed E-state index contributed by atoms with van der Waals surface area (Å²) in [5.74, 6) is -0.330. The molecule has 0 aliphatic carbocycles. The summed E-state index contributed by atoms with van der Waals surface area (Å²) in [5, 5.41) is -0.0461. The van der Waals surface area contributed by atoms with Gasteiger partial charge in [-0.3, -0.25) is 4.79 Å². The van der Waals surface area contributed by atoms with Crippen molar-refractivity contribution < 1.29 is 13.9 Å². The van der Waals surface area contributed by atoms with E-state index < -0.39 is 5.82 Å². The first-order valence-corrected chi connectivity index (χ1v) is 4.64. The summed E-state index contributed by atoms with van der Waals surface area (Å²) >= 11 is 5.56.